The van der Waals surface area contributed by atoms with Crippen LogP contribution in [0.25, 0.3) is 11.0 Å². The van der Waals surface area contributed by atoms with E-state index in [-0.39, 0.29) is 13.2 Å². The van der Waals surface area contributed by atoms with Crippen LogP contribution < -0.4 is 19.1 Å². The number of hydrogen-bond donors (Lipinski definition) is 0. The lowest BCUT2D eigenvalue weighted by atomic mass is 9.88. The Balaban J connectivity index is 1.80. The Kier molecular flexibility index (Phi) is 6.91. The van der Waals surface area contributed by atoms with Crippen molar-refractivity contribution in [3.05, 3.63) is 77.9 Å². The largest absolute Gasteiger partial charge is 0.496 e. The fourth-order valence-electron chi connectivity index (χ4n) is 5.03. The van der Waals surface area contributed by atoms with Crippen LogP contribution in [0.1, 0.15) is 24.1 Å². The number of rotatable bonds is 8. The molecule has 0 unspecified atom stereocenters. The first kappa shape index (κ1) is 25.1. The van der Waals surface area contributed by atoms with Crippen molar-refractivity contribution in [3.63, 3.8) is 0 Å². The number of hydrogen-bond acceptors (Lipinski definition) is 7. The highest BCUT2D eigenvalue weighted by molar-refractivity contribution is 6.08. The number of ether oxygens (including phenoxy) is 4. The van der Waals surface area contributed by atoms with E-state index in [1.807, 2.05) is 59.2 Å². The van der Waals surface area contributed by atoms with Crippen LogP contribution in [0, 0.1) is 5.92 Å². The molecule has 3 aromatic carbocycles. The predicted octanol–water partition coefficient (Wildman–Crippen LogP) is 4.38. The molecule has 2 heterocycles. The molecule has 9 heteroatoms. The number of amides is 1. The van der Waals surface area contributed by atoms with E-state index < -0.39 is 23.8 Å². The standard InChI is InChI=1S/C29H29N3O6/c1-5-38-28(34)25-26(19-15-23(36-3)24(37-4)16-22(19)35-2)32-21-14-10-9-13-20(21)30-29(32)31(27(25)33)17-18-11-7-6-8-12-18/h6-16,25-26H,5,17H2,1-4H3/t25-,26-/m1/s1. The number of esters is 1. The number of para-hydroxylation sites is 2. The van der Waals surface area contributed by atoms with Gasteiger partial charge in [-0.15, -0.1) is 0 Å². The van der Waals surface area contributed by atoms with E-state index in [9.17, 15) is 9.59 Å². The molecule has 2 atom stereocenters. The number of carbonyl (C=O) groups excluding carboxylic acids is 2. The number of anilines is 1. The third kappa shape index (κ3) is 4.19. The van der Waals surface area contributed by atoms with Crippen LogP contribution in [0.3, 0.4) is 0 Å². The van der Waals surface area contributed by atoms with Crippen LogP contribution in [0.4, 0.5) is 5.95 Å². The topological polar surface area (TPSA) is 92.1 Å². The molecule has 0 fully saturated rings. The normalized spacial score (nSPS) is 16.7. The second-order valence-electron chi connectivity index (χ2n) is 8.80. The maximum absolute atomic E-state index is 14.2. The van der Waals surface area contributed by atoms with E-state index in [1.165, 1.54) is 21.3 Å². The Bertz CT molecular complexity index is 1480. The van der Waals surface area contributed by atoms with E-state index in [0.717, 1.165) is 11.1 Å². The summed E-state index contributed by atoms with van der Waals surface area (Å²) in [5, 5.41) is 0. The highest BCUT2D eigenvalue weighted by atomic mass is 16.5. The van der Waals surface area contributed by atoms with Gasteiger partial charge in [0.2, 0.25) is 11.9 Å². The minimum absolute atomic E-state index is 0.134. The number of aromatic nitrogens is 2. The Morgan fingerprint density at radius 1 is 0.895 bits per heavy atom. The summed E-state index contributed by atoms with van der Waals surface area (Å²) in [6.07, 6.45) is 0. The van der Waals surface area contributed by atoms with Crippen molar-refractivity contribution in [3.8, 4) is 17.2 Å². The zero-order valence-corrected chi connectivity index (χ0v) is 21.7. The average Bonchev–Trinajstić information content (AvgIpc) is 3.33. The van der Waals surface area contributed by atoms with Gasteiger partial charge in [0.1, 0.15) is 5.75 Å². The lowest BCUT2D eigenvalue weighted by molar-refractivity contribution is -0.153. The number of imidazole rings is 1. The number of benzene rings is 3. The molecule has 1 amide bonds. The zero-order valence-electron chi connectivity index (χ0n) is 21.7. The Morgan fingerprint density at radius 3 is 2.24 bits per heavy atom. The summed E-state index contributed by atoms with van der Waals surface area (Å²) in [6, 6.07) is 19.8. The van der Waals surface area contributed by atoms with Crippen LogP contribution >= 0.6 is 0 Å². The van der Waals surface area contributed by atoms with Gasteiger partial charge in [-0.05, 0) is 30.7 Å². The molecule has 1 aliphatic rings. The molecular formula is C29H29N3O6. The van der Waals surface area contributed by atoms with Gasteiger partial charge >= 0.3 is 5.97 Å². The molecule has 1 aliphatic heterocycles. The van der Waals surface area contributed by atoms with Gasteiger partial charge in [0.05, 0.1) is 51.6 Å². The van der Waals surface area contributed by atoms with Crippen molar-refractivity contribution in [2.24, 2.45) is 5.92 Å². The minimum Gasteiger partial charge on any atom is -0.496 e. The summed E-state index contributed by atoms with van der Waals surface area (Å²) < 4.78 is 24.2. The maximum Gasteiger partial charge on any atom is 0.321 e. The van der Waals surface area contributed by atoms with Crippen molar-refractivity contribution in [2.75, 3.05) is 32.8 Å². The summed E-state index contributed by atoms with van der Waals surface area (Å²) >= 11 is 0. The van der Waals surface area contributed by atoms with Crippen molar-refractivity contribution in [1.82, 2.24) is 9.55 Å². The summed E-state index contributed by atoms with van der Waals surface area (Å²) in [5.41, 5.74) is 2.94. The minimum atomic E-state index is -1.20. The van der Waals surface area contributed by atoms with Crippen molar-refractivity contribution in [2.45, 2.75) is 19.5 Å². The fourth-order valence-corrected chi connectivity index (χ4v) is 5.03. The second-order valence-corrected chi connectivity index (χ2v) is 8.80. The van der Waals surface area contributed by atoms with E-state index >= 15 is 0 Å². The van der Waals surface area contributed by atoms with E-state index in [2.05, 4.69) is 0 Å². The van der Waals surface area contributed by atoms with Gasteiger partial charge in [-0.25, -0.2) is 4.98 Å². The second kappa shape index (κ2) is 10.5. The number of fused-ring (bicyclic) bond motifs is 3. The molecular weight excluding hydrogens is 486 g/mol. The van der Waals surface area contributed by atoms with Crippen LogP contribution in [-0.2, 0) is 20.9 Å². The lowest BCUT2D eigenvalue weighted by Gasteiger charge is -2.38. The molecule has 0 bridgehead atoms. The molecule has 9 nitrogen and oxygen atoms in total. The van der Waals surface area contributed by atoms with Gasteiger partial charge in [0.15, 0.2) is 17.4 Å². The molecule has 38 heavy (non-hydrogen) atoms. The van der Waals surface area contributed by atoms with Gasteiger partial charge in [0.25, 0.3) is 0 Å². The van der Waals surface area contributed by atoms with Gasteiger partial charge in [-0.1, -0.05) is 42.5 Å². The Morgan fingerprint density at radius 2 is 1.55 bits per heavy atom. The molecule has 1 aromatic heterocycles. The maximum atomic E-state index is 14.2. The molecule has 4 aromatic rings. The molecule has 196 valence electrons. The van der Waals surface area contributed by atoms with E-state index in [0.29, 0.717) is 34.3 Å². The first-order chi connectivity index (χ1) is 18.5. The number of nitrogens with zero attached hydrogens (tertiary/aromatic N) is 3. The monoisotopic (exact) mass is 515 g/mol. The SMILES string of the molecule is CCOC(=O)[C@H]1C(=O)N(Cc2ccccc2)c2nc3ccccc3n2[C@@H]1c1cc(OC)c(OC)cc1OC. The molecule has 5 rings (SSSR count). The first-order valence-electron chi connectivity index (χ1n) is 12.3. The summed E-state index contributed by atoms with van der Waals surface area (Å²) in [5.74, 6) is -0.452. The molecule has 0 radical (unpaired) electrons. The quantitative estimate of drug-likeness (QED) is 0.254. The van der Waals surface area contributed by atoms with E-state index in [4.69, 9.17) is 23.9 Å². The first-order valence-corrected chi connectivity index (χ1v) is 12.3. The average molecular weight is 516 g/mol. The summed E-state index contributed by atoms with van der Waals surface area (Å²) in [4.78, 5) is 34.2. The van der Waals surface area contributed by atoms with Gasteiger partial charge < -0.3 is 23.5 Å². The smallest absolute Gasteiger partial charge is 0.321 e. The highest BCUT2D eigenvalue weighted by Gasteiger charge is 2.49. The Labute approximate surface area is 220 Å². The van der Waals surface area contributed by atoms with Gasteiger partial charge in [-0.3, -0.25) is 14.5 Å². The lowest BCUT2D eigenvalue weighted by Crippen LogP contribution is -2.49. The molecule has 0 saturated carbocycles. The molecule has 0 saturated heterocycles. The third-order valence-electron chi connectivity index (χ3n) is 6.72. The van der Waals surface area contributed by atoms with Crippen molar-refractivity contribution < 1.29 is 28.5 Å². The highest BCUT2D eigenvalue weighted by Crippen LogP contribution is 2.47. The fraction of sp³-hybridized carbons (Fsp3) is 0.276. The molecule has 0 N–H and O–H groups in total. The van der Waals surface area contributed by atoms with Crippen LogP contribution in [0.5, 0.6) is 17.2 Å². The summed E-state index contributed by atoms with van der Waals surface area (Å²) in [6.45, 7) is 2.10. The number of carbonyl (C=O) groups is 2. The predicted molar refractivity (Wildman–Crippen MR) is 142 cm³/mol. The van der Waals surface area contributed by atoms with Crippen LogP contribution in [0.15, 0.2) is 66.7 Å². The van der Waals surface area contributed by atoms with Gasteiger partial charge in [-0.2, -0.15) is 0 Å². The molecule has 0 aliphatic carbocycles. The third-order valence-corrected chi connectivity index (χ3v) is 6.72. The van der Waals surface area contributed by atoms with Crippen LogP contribution in [-0.4, -0.2) is 49.4 Å². The molecule has 0 spiro atoms. The Hall–Kier alpha value is -4.53. The van der Waals surface area contributed by atoms with Crippen LogP contribution in [0.2, 0.25) is 0 Å². The van der Waals surface area contributed by atoms with Crippen molar-refractivity contribution in [1.29, 1.82) is 0 Å². The zero-order chi connectivity index (χ0) is 26.8. The number of methoxy groups -OCH3 is 3. The van der Waals surface area contributed by atoms with Crippen molar-refractivity contribution >= 4 is 28.9 Å². The summed E-state index contributed by atoms with van der Waals surface area (Å²) in [7, 11) is 4.59. The van der Waals surface area contributed by atoms with E-state index in [1.54, 1.807) is 24.0 Å². The van der Waals surface area contributed by atoms with Gasteiger partial charge in [0, 0.05) is 11.6 Å².